The van der Waals surface area contributed by atoms with Crippen LogP contribution in [-0.4, -0.2) is 6.08 Å². The number of carbonyl (C=O) groups excluding carboxylic acids is 1. The van der Waals surface area contributed by atoms with E-state index < -0.39 is 11.4 Å². The van der Waals surface area contributed by atoms with Crippen molar-refractivity contribution in [1.82, 2.24) is 0 Å². The van der Waals surface area contributed by atoms with Gasteiger partial charge in [0, 0.05) is 0 Å². The Morgan fingerprint density at radius 3 is 2.73 bits per heavy atom. The first-order valence-electron chi connectivity index (χ1n) is 4.64. The highest BCUT2D eigenvalue weighted by atomic mass is 35.5. The highest BCUT2D eigenvalue weighted by molar-refractivity contribution is 6.30. The van der Waals surface area contributed by atoms with Gasteiger partial charge in [0.1, 0.15) is 5.82 Å². The van der Waals surface area contributed by atoms with Crippen molar-refractivity contribution >= 4 is 17.7 Å². The lowest BCUT2D eigenvalue weighted by Crippen LogP contribution is -2.05. The highest BCUT2D eigenvalue weighted by Crippen LogP contribution is 2.50. The van der Waals surface area contributed by atoms with Crippen LogP contribution in [0.1, 0.15) is 24.0 Å². The lowest BCUT2D eigenvalue weighted by molar-refractivity contribution is 0.555. The second-order valence-corrected chi connectivity index (χ2v) is 4.22. The number of nitrogens with zero attached hydrogens (tertiary/aromatic N) is 1. The number of halogens is 2. The number of aliphatic imine (C=N–C) groups is 1. The van der Waals surface area contributed by atoms with Crippen molar-refractivity contribution in [3.05, 3.63) is 34.1 Å². The van der Waals surface area contributed by atoms with Crippen molar-refractivity contribution in [2.24, 2.45) is 4.99 Å². The zero-order valence-electron chi connectivity index (χ0n) is 8.18. The molecule has 0 saturated heterocycles. The number of isocyanates is 1. The van der Waals surface area contributed by atoms with Crippen molar-refractivity contribution in [3.63, 3.8) is 0 Å². The third kappa shape index (κ3) is 1.69. The molecule has 1 aromatic carbocycles. The van der Waals surface area contributed by atoms with Gasteiger partial charge in [0.15, 0.2) is 0 Å². The number of hydrogen-bond acceptors (Lipinski definition) is 2. The van der Waals surface area contributed by atoms with Gasteiger partial charge < -0.3 is 0 Å². The van der Waals surface area contributed by atoms with Crippen LogP contribution in [0.2, 0.25) is 5.02 Å². The molecule has 4 heteroatoms. The van der Waals surface area contributed by atoms with Crippen LogP contribution in [0.15, 0.2) is 17.1 Å². The first kappa shape index (κ1) is 10.3. The zero-order valence-corrected chi connectivity index (χ0v) is 8.94. The van der Waals surface area contributed by atoms with E-state index in [-0.39, 0.29) is 5.02 Å². The maximum Gasteiger partial charge on any atom is 0.235 e. The summed E-state index contributed by atoms with van der Waals surface area (Å²) in [7, 11) is 0. The molecule has 2 nitrogen and oxygen atoms in total. The summed E-state index contributed by atoms with van der Waals surface area (Å²) in [4.78, 5) is 14.0. The predicted octanol–water partition coefficient (Wildman–Crippen LogP) is 3.11. The van der Waals surface area contributed by atoms with Crippen LogP contribution in [0, 0.1) is 12.7 Å². The van der Waals surface area contributed by atoms with Gasteiger partial charge >= 0.3 is 0 Å². The minimum atomic E-state index is -0.530. The summed E-state index contributed by atoms with van der Waals surface area (Å²) >= 11 is 5.65. The predicted molar refractivity (Wildman–Crippen MR) is 55.2 cm³/mol. The molecule has 1 aliphatic carbocycles. The molecule has 0 amide bonds. The Hall–Kier alpha value is -1.18. The average molecular weight is 226 g/mol. The summed E-state index contributed by atoms with van der Waals surface area (Å²) in [6.07, 6.45) is 3.09. The summed E-state index contributed by atoms with van der Waals surface area (Å²) < 4.78 is 13.3. The molecule has 0 bridgehead atoms. The van der Waals surface area contributed by atoms with Gasteiger partial charge in [-0.2, -0.15) is 4.99 Å². The number of rotatable bonds is 2. The molecule has 0 aliphatic heterocycles. The van der Waals surface area contributed by atoms with Gasteiger partial charge in [-0.3, -0.25) is 0 Å². The van der Waals surface area contributed by atoms with E-state index in [0.29, 0.717) is 0 Å². The van der Waals surface area contributed by atoms with Gasteiger partial charge in [-0.15, -0.1) is 0 Å². The SMILES string of the molecule is Cc1cc(Cl)c(F)cc1C1(N=C=O)CC1. The highest BCUT2D eigenvalue weighted by Gasteiger charge is 2.46. The van der Waals surface area contributed by atoms with Crippen molar-refractivity contribution in [1.29, 1.82) is 0 Å². The largest absolute Gasteiger partial charge is 0.235 e. The number of aryl methyl sites for hydroxylation is 1. The first-order chi connectivity index (χ1) is 7.09. The van der Waals surface area contributed by atoms with Crippen LogP contribution in [0.5, 0.6) is 0 Å². The summed E-state index contributed by atoms with van der Waals surface area (Å²) in [6.45, 7) is 1.83. The van der Waals surface area contributed by atoms with E-state index in [9.17, 15) is 9.18 Å². The molecule has 0 unspecified atom stereocenters. The molecule has 0 heterocycles. The summed E-state index contributed by atoms with van der Waals surface area (Å²) in [5, 5.41) is 0.0992. The quantitative estimate of drug-likeness (QED) is 0.562. The summed E-state index contributed by atoms with van der Waals surface area (Å²) in [6, 6.07) is 2.93. The van der Waals surface area contributed by atoms with Crippen molar-refractivity contribution < 1.29 is 9.18 Å². The number of hydrogen-bond donors (Lipinski definition) is 0. The average Bonchev–Trinajstić information content (AvgIpc) is 2.93. The fourth-order valence-corrected chi connectivity index (χ4v) is 2.01. The molecule has 15 heavy (non-hydrogen) atoms. The lowest BCUT2D eigenvalue weighted by atomic mass is 9.99. The minimum Gasteiger partial charge on any atom is -0.211 e. The standard InChI is InChI=1S/C11H9ClFNO/c1-7-4-9(12)10(13)5-8(7)11(2-3-11)14-6-15/h4-5H,2-3H2,1H3. The van der Waals surface area contributed by atoms with Gasteiger partial charge in [0.2, 0.25) is 6.08 Å². The molecule has 78 valence electrons. The van der Waals surface area contributed by atoms with E-state index in [1.807, 2.05) is 6.92 Å². The Labute approximate surface area is 91.8 Å². The topological polar surface area (TPSA) is 29.4 Å². The van der Waals surface area contributed by atoms with E-state index in [0.717, 1.165) is 24.0 Å². The minimum absolute atomic E-state index is 0.0992. The van der Waals surface area contributed by atoms with E-state index >= 15 is 0 Å². The van der Waals surface area contributed by atoms with Crippen LogP contribution in [0.4, 0.5) is 4.39 Å². The van der Waals surface area contributed by atoms with Crippen LogP contribution < -0.4 is 0 Å². The van der Waals surface area contributed by atoms with E-state index in [4.69, 9.17) is 11.6 Å². The van der Waals surface area contributed by atoms with E-state index in [1.165, 1.54) is 6.07 Å². The zero-order chi connectivity index (χ0) is 11.1. The van der Waals surface area contributed by atoms with Crippen molar-refractivity contribution in [3.8, 4) is 0 Å². The van der Waals surface area contributed by atoms with Crippen molar-refractivity contribution in [2.45, 2.75) is 25.3 Å². The van der Waals surface area contributed by atoms with Gasteiger partial charge in [0.25, 0.3) is 0 Å². The molecular weight excluding hydrogens is 217 g/mol. The van der Waals surface area contributed by atoms with Crippen molar-refractivity contribution in [2.75, 3.05) is 0 Å². The molecule has 0 atom stereocenters. The Balaban J connectivity index is 2.54. The van der Waals surface area contributed by atoms with Gasteiger partial charge in [-0.25, -0.2) is 9.18 Å². The molecule has 0 aromatic heterocycles. The Morgan fingerprint density at radius 2 is 2.20 bits per heavy atom. The molecule has 1 aliphatic rings. The number of benzene rings is 1. The second-order valence-electron chi connectivity index (χ2n) is 3.82. The Morgan fingerprint density at radius 1 is 1.53 bits per heavy atom. The monoisotopic (exact) mass is 225 g/mol. The molecular formula is C11H9ClFNO. The van der Waals surface area contributed by atoms with Crippen LogP contribution in [0.25, 0.3) is 0 Å². The third-order valence-electron chi connectivity index (χ3n) is 2.75. The first-order valence-corrected chi connectivity index (χ1v) is 5.02. The molecule has 0 spiro atoms. The molecule has 1 aromatic rings. The van der Waals surface area contributed by atoms with Gasteiger partial charge in [-0.1, -0.05) is 11.6 Å². The van der Waals surface area contributed by atoms with Crippen LogP contribution in [-0.2, 0) is 10.3 Å². The summed E-state index contributed by atoms with van der Waals surface area (Å²) in [5.74, 6) is -0.468. The molecule has 0 radical (unpaired) electrons. The lowest BCUT2D eigenvalue weighted by Gasteiger charge is -2.12. The van der Waals surface area contributed by atoms with Crippen LogP contribution >= 0.6 is 11.6 Å². The maximum atomic E-state index is 13.3. The van der Waals surface area contributed by atoms with E-state index in [2.05, 4.69) is 4.99 Å². The summed E-state index contributed by atoms with van der Waals surface area (Å²) in [5.41, 5.74) is 1.07. The Bertz CT molecular complexity index is 462. The fraction of sp³-hybridized carbons (Fsp3) is 0.364. The fourth-order valence-electron chi connectivity index (χ4n) is 1.79. The molecule has 1 saturated carbocycles. The normalized spacial score (nSPS) is 17.0. The van der Waals surface area contributed by atoms with Gasteiger partial charge in [-0.05, 0) is 43.0 Å². The third-order valence-corrected chi connectivity index (χ3v) is 3.04. The van der Waals surface area contributed by atoms with E-state index in [1.54, 1.807) is 12.1 Å². The Kier molecular flexibility index (Phi) is 2.37. The van der Waals surface area contributed by atoms with Crippen LogP contribution in [0.3, 0.4) is 0 Å². The van der Waals surface area contributed by atoms with Gasteiger partial charge in [0.05, 0.1) is 10.6 Å². The molecule has 0 N–H and O–H groups in total. The molecule has 1 fully saturated rings. The smallest absolute Gasteiger partial charge is 0.211 e. The molecule has 2 rings (SSSR count). The second kappa shape index (κ2) is 3.44. The maximum absolute atomic E-state index is 13.3.